The predicted octanol–water partition coefficient (Wildman–Crippen LogP) is 3.64. The van der Waals surface area contributed by atoms with Gasteiger partial charge in [0.25, 0.3) is 0 Å². The molecule has 1 unspecified atom stereocenters. The van der Waals surface area contributed by atoms with Crippen LogP contribution in [0.25, 0.3) is 5.69 Å². The normalized spacial score (nSPS) is 21.2. The zero-order valence-electron chi connectivity index (χ0n) is 11.1. The first kappa shape index (κ1) is 12.9. The molecule has 1 aliphatic carbocycles. The molecule has 1 aliphatic rings. The molecule has 0 spiro atoms. The molecule has 1 atom stereocenters. The molecule has 2 heterocycles. The lowest BCUT2D eigenvalue weighted by atomic mass is 9.75. The first-order valence-electron chi connectivity index (χ1n) is 6.46. The van der Waals surface area contributed by atoms with Crippen LogP contribution >= 0.6 is 15.9 Å². The summed E-state index contributed by atoms with van der Waals surface area (Å²) in [6.07, 6.45) is 7.06. The number of hydrogen-bond acceptors (Lipinski definition) is 2. The van der Waals surface area contributed by atoms with E-state index in [1.807, 2.05) is 18.3 Å². The molecule has 3 rings (SSSR count). The molecule has 0 aliphatic heterocycles. The first-order valence-corrected chi connectivity index (χ1v) is 7.25. The Morgan fingerprint density at radius 1 is 1.42 bits per heavy atom. The van der Waals surface area contributed by atoms with Crippen molar-refractivity contribution >= 4 is 15.9 Å². The molecule has 3 nitrogen and oxygen atoms in total. The molecule has 0 radical (unpaired) electrons. The van der Waals surface area contributed by atoms with Gasteiger partial charge in [-0.25, -0.2) is 0 Å². The van der Waals surface area contributed by atoms with Gasteiger partial charge in [-0.05, 0) is 46.3 Å². The number of aromatic nitrogens is 2. The molecule has 19 heavy (non-hydrogen) atoms. The van der Waals surface area contributed by atoms with Gasteiger partial charge in [-0.15, -0.1) is 0 Å². The van der Waals surface area contributed by atoms with Gasteiger partial charge in [-0.2, -0.15) is 0 Å². The van der Waals surface area contributed by atoms with Crippen LogP contribution in [0.3, 0.4) is 0 Å². The topological polar surface area (TPSA) is 38.0 Å². The average molecular weight is 321 g/mol. The highest BCUT2D eigenvalue weighted by molar-refractivity contribution is 9.10. The Labute approximate surface area is 121 Å². The second kappa shape index (κ2) is 4.46. The van der Waals surface area contributed by atoms with Crippen molar-refractivity contribution in [1.82, 2.24) is 9.55 Å². The number of hydrogen-bond donors (Lipinski definition) is 1. The van der Waals surface area contributed by atoms with Gasteiger partial charge in [0.2, 0.25) is 0 Å². The van der Waals surface area contributed by atoms with Crippen molar-refractivity contribution < 1.29 is 5.11 Å². The van der Waals surface area contributed by atoms with E-state index in [1.54, 1.807) is 12.4 Å². The molecule has 2 aromatic rings. The minimum absolute atomic E-state index is 0.127. The van der Waals surface area contributed by atoms with Crippen molar-refractivity contribution in [3.63, 3.8) is 0 Å². The Bertz CT molecular complexity index is 618. The summed E-state index contributed by atoms with van der Waals surface area (Å²) >= 11 is 3.54. The van der Waals surface area contributed by atoms with Gasteiger partial charge in [0.05, 0.1) is 16.3 Å². The number of nitrogens with zero attached hydrogens (tertiary/aromatic N) is 2. The van der Waals surface area contributed by atoms with Crippen molar-refractivity contribution in [3.05, 3.63) is 46.5 Å². The number of rotatable bonds is 1. The van der Waals surface area contributed by atoms with Crippen LogP contribution in [-0.2, 0) is 6.42 Å². The first-order chi connectivity index (χ1) is 8.98. The minimum Gasteiger partial charge on any atom is -0.388 e. The Balaban J connectivity index is 2.14. The van der Waals surface area contributed by atoms with Gasteiger partial charge in [-0.1, -0.05) is 13.8 Å². The number of halogens is 1. The van der Waals surface area contributed by atoms with E-state index in [0.717, 1.165) is 28.6 Å². The average Bonchev–Trinajstić information content (AvgIpc) is 2.72. The van der Waals surface area contributed by atoms with Crippen LogP contribution in [0.15, 0.2) is 35.2 Å². The SMILES string of the molecule is CC1(C)Cc2c(ccn2-c2ccncc2Br)C(O)C1. The predicted molar refractivity (Wildman–Crippen MR) is 78.3 cm³/mol. The van der Waals surface area contributed by atoms with Gasteiger partial charge in [0, 0.05) is 29.8 Å². The lowest BCUT2D eigenvalue weighted by Crippen LogP contribution is -2.26. The van der Waals surface area contributed by atoms with Crippen molar-refractivity contribution in [2.24, 2.45) is 5.41 Å². The molecule has 0 bridgehead atoms. The zero-order chi connectivity index (χ0) is 13.6. The van der Waals surface area contributed by atoms with E-state index < -0.39 is 0 Å². The Morgan fingerprint density at radius 2 is 2.21 bits per heavy atom. The van der Waals surface area contributed by atoms with E-state index in [-0.39, 0.29) is 11.5 Å². The third kappa shape index (κ3) is 2.23. The second-order valence-electron chi connectivity index (χ2n) is 5.98. The molecule has 4 heteroatoms. The van der Waals surface area contributed by atoms with E-state index in [9.17, 15) is 5.11 Å². The Kier molecular flexibility index (Phi) is 3.02. The van der Waals surface area contributed by atoms with Gasteiger partial charge in [-0.3, -0.25) is 4.98 Å². The van der Waals surface area contributed by atoms with Gasteiger partial charge >= 0.3 is 0 Å². The van der Waals surface area contributed by atoms with Crippen LogP contribution in [-0.4, -0.2) is 14.7 Å². The smallest absolute Gasteiger partial charge is 0.0812 e. The van der Waals surface area contributed by atoms with E-state index in [2.05, 4.69) is 39.3 Å². The van der Waals surface area contributed by atoms with Crippen molar-refractivity contribution in [2.75, 3.05) is 0 Å². The standard InChI is InChI=1S/C15H17BrN2O/c1-15(2)7-13-10(14(19)8-15)4-6-18(13)12-3-5-17-9-11(12)16/h3-6,9,14,19H,7-8H2,1-2H3. The summed E-state index contributed by atoms with van der Waals surface area (Å²) < 4.78 is 3.12. The molecule has 1 N–H and O–H groups in total. The number of aliphatic hydroxyl groups excluding tert-OH is 1. The van der Waals surface area contributed by atoms with E-state index in [0.29, 0.717) is 0 Å². The summed E-state index contributed by atoms with van der Waals surface area (Å²) in [6, 6.07) is 4.01. The minimum atomic E-state index is -0.361. The summed E-state index contributed by atoms with van der Waals surface area (Å²) in [5, 5.41) is 10.3. The molecule has 0 amide bonds. The van der Waals surface area contributed by atoms with Gasteiger partial charge in [0.1, 0.15) is 0 Å². The molecule has 2 aromatic heterocycles. The third-order valence-electron chi connectivity index (χ3n) is 3.79. The summed E-state index contributed by atoms with van der Waals surface area (Å²) in [5.74, 6) is 0. The van der Waals surface area contributed by atoms with Gasteiger partial charge < -0.3 is 9.67 Å². The fourth-order valence-corrected chi connectivity index (χ4v) is 3.36. The van der Waals surface area contributed by atoms with Crippen LogP contribution in [0.5, 0.6) is 0 Å². The fourth-order valence-electron chi connectivity index (χ4n) is 2.92. The monoisotopic (exact) mass is 320 g/mol. The Morgan fingerprint density at radius 3 is 2.95 bits per heavy atom. The zero-order valence-corrected chi connectivity index (χ0v) is 12.7. The van der Waals surface area contributed by atoms with Crippen molar-refractivity contribution in [3.8, 4) is 5.69 Å². The molecular formula is C15H17BrN2O. The summed E-state index contributed by atoms with van der Waals surface area (Å²) in [5.41, 5.74) is 3.46. The lowest BCUT2D eigenvalue weighted by Gasteiger charge is -2.34. The fraction of sp³-hybridized carbons (Fsp3) is 0.400. The van der Waals surface area contributed by atoms with E-state index in [4.69, 9.17) is 0 Å². The highest BCUT2D eigenvalue weighted by Crippen LogP contribution is 2.42. The summed E-state index contributed by atoms with van der Waals surface area (Å²) in [4.78, 5) is 4.10. The number of pyridine rings is 1. The van der Waals surface area contributed by atoms with Crippen LogP contribution in [0.2, 0.25) is 0 Å². The van der Waals surface area contributed by atoms with Crippen LogP contribution < -0.4 is 0 Å². The van der Waals surface area contributed by atoms with Crippen LogP contribution in [0.1, 0.15) is 37.6 Å². The number of fused-ring (bicyclic) bond motifs is 1. The van der Waals surface area contributed by atoms with Gasteiger partial charge in [0.15, 0.2) is 0 Å². The maximum Gasteiger partial charge on any atom is 0.0812 e. The molecule has 0 aromatic carbocycles. The van der Waals surface area contributed by atoms with Crippen molar-refractivity contribution in [2.45, 2.75) is 32.8 Å². The highest BCUT2D eigenvalue weighted by atomic mass is 79.9. The molecule has 0 saturated carbocycles. The molecule has 100 valence electrons. The lowest BCUT2D eigenvalue weighted by molar-refractivity contribution is 0.0987. The maximum absolute atomic E-state index is 10.3. The molecule has 0 saturated heterocycles. The Hall–Kier alpha value is -1.13. The summed E-state index contributed by atoms with van der Waals surface area (Å²) in [6.45, 7) is 4.41. The quantitative estimate of drug-likeness (QED) is 0.871. The van der Waals surface area contributed by atoms with Crippen molar-refractivity contribution in [1.29, 1.82) is 0 Å². The molecular weight excluding hydrogens is 304 g/mol. The van der Waals surface area contributed by atoms with E-state index >= 15 is 0 Å². The number of aliphatic hydroxyl groups is 1. The maximum atomic E-state index is 10.3. The summed E-state index contributed by atoms with van der Waals surface area (Å²) in [7, 11) is 0. The second-order valence-corrected chi connectivity index (χ2v) is 6.83. The third-order valence-corrected chi connectivity index (χ3v) is 4.40. The largest absolute Gasteiger partial charge is 0.388 e. The molecule has 0 fully saturated rings. The van der Waals surface area contributed by atoms with Crippen LogP contribution in [0, 0.1) is 5.41 Å². The van der Waals surface area contributed by atoms with E-state index in [1.165, 1.54) is 5.69 Å². The highest BCUT2D eigenvalue weighted by Gasteiger charge is 2.33. The van der Waals surface area contributed by atoms with Crippen LogP contribution in [0.4, 0.5) is 0 Å².